The second kappa shape index (κ2) is 8.83. The number of halogens is 1. The maximum absolute atomic E-state index is 13.1. The number of anilines is 1. The molecule has 7 heteroatoms. The molecule has 0 bridgehead atoms. The van der Waals surface area contributed by atoms with Crippen molar-refractivity contribution in [3.8, 4) is 0 Å². The molecule has 3 aromatic rings. The molecular formula is C24H23ClN2O3S. The first kappa shape index (κ1) is 21.6. The Labute approximate surface area is 187 Å². The summed E-state index contributed by atoms with van der Waals surface area (Å²) in [4.78, 5) is 12.9. The molecule has 0 unspecified atom stereocenters. The summed E-state index contributed by atoms with van der Waals surface area (Å²) < 4.78 is 27.4. The van der Waals surface area contributed by atoms with Crippen LogP contribution in [0.3, 0.4) is 0 Å². The molecule has 0 spiro atoms. The van der Waals surface area contributed by atoms with Crippen molar-refractivity contribution in [3.63, 3.8) is 0 Å². The summed E-state index contributed by atoms with van der Waals surface area (Å²) in [6.07, 6.45) is 3.18. The summed E-state index contributed by atoms with van der Waals surface area (Å²) in [5.41, 5.74) is 4.22. The highest BCUT2D eigenvalue weighted by Gasteiger charge is 2.24. The third-order valence-electron chi connectivity index (χ3n) is 5.50. The highest BCUT2D eigenvalue weighted by molar-refractivity contribution is 7.89. The van der Waals surface area contributed by atoms with Gasteiger partial charge < -0.3 is 5.32 Å². The molecule has 4 rings (SSSR count). The second-order valence-electron chi connectivity index (χ2n) is 7.68. The maximum Gasteiger partial charge on any atom is 0.257 e. The number of sulfonamides is 1. The molecule has 1 amide bonds. The van der Waals surface area contributed by atoms with E-state index in [4.69, 9.17) is 11.6 Å². The van der Waals surface area contributed by atoms with Gasteiger partial charge in [0.15, 0.2) is 0 Å². The number of aryl methyl sites for hydroxylation is 2. The van der Waals surface area contributed by atoms with E-state index in [0.717, 1.165) is 24.8 Å². The Hall–Kier alpha value is -2.67. The van der Waals surface area contributed by atoms with E-state index < -0.39 is 15.9 Å². The van der Waals surface area contributed by atoms with E-state index in [9.17, 15) is 13.2 Å². The van der Waals surface area contributed by atoms with Crippen LogP contribution in [0.4, 0.5) is 5.69 Å². The van der Waals surface area contributed by atoms with Crippen molar-refractivity contribution in [1.82, 2.24) is 4.31 Å². The zero-order valence-corrected chi connectivity index (χ0v) is 18.7. The van der Waals surface area contributed by atoms with Crippen LogP contribution in [0.5, 0.6) is 0 Å². The van der Waals surface area contributed by atoms with E-state index in [1.807, 2.05) is 48.5 Å². The normalized spacial score (nSPS) is 13.3. The van der Waals surface area contributed by atoms with Crippen molar-refractivity contribution < 1.29 is 13.2 Å². The molecule has 5 nitrogen and oxygen atoms in total. The first-order valence-electron chi connectivity index (χ1n) is 10.1. The summed E-state index contributed by atoms with van der Waals surface area (Å²) in [5.74, 6) is -0.439. The van der Waals surface area contributed by atoms with Crippen LogP contribution in [0, 0.1) is 0 Å². The van der Waals surface area contributed by atoms with Gasteiger partial charge in [-0.3, -0.25) is 4.79 Å². The number of carbonyl (C=O) groups excluding carboxylic acids is 1. The van der Waals surface area contributed by atoms with Crippen LogP contribution < -0.4 is 5.32 Å². The first-order valence-corrected chi connectivity index (χ1v) is 11.9. The lowest BCUT2D eigenvalue weighted by molar-refractivity contribution is 0.102. The zero-order valence-electron chi connectivity index (χ0n) is 17.1. The summed E-state index contributed by atoms with van der Waals surface area (Å²) >= 11 is 6.24. The van der Waals surface area contributed by atoms with Gasteiger partial charge in [0.05, 0.1) is 15.5 Å². The van der Waals surface area contributed by atoms with Crippen molar-refractivity contribution in [1.29, 1.82) is 0 Å². The van der Waals surface area contributed by atoms with Gasteiger partial charge in [-0.05, 0) is 66.3 Å². The molecule has 1 N–H and O–H groups in total. The number of hydrogen-bond donors (Lipinski definition) is 1. The Bertz CT molecular complexity index is 1230. The van der Waals surface area contributed by atoms with Gasteiger partial charge in [-0.25, -0.2) is 8.42 Å². The smallest absolute Gasteiger partial charge is 0.257 e. The van der Waals surface area contributed by atoms with Gasteiger partial charge in [0.25, 0.3) is 5.91 Å². The predicted molar refractivity (Wildman–Crippen MR) is 123 cm³/mol. The minimum absolute atomic E-state index is 0.0226. The Morgan fingerprint density at radius 3 is 2.52 bits per heavy atom. The van der Waals surface area contributed by atoms with E-state index in [1.165, 1.54) is 40.7 Å². The van der Waals surface area contributed by atoms with Crippen molar-refractivity contribution in [2.45, 2.75) is 30.7 Å². The lowest BCUT2D eigenvalue weighted by Crippen LogP contribution is -2.27. The molecule has 160 valence electrons. The lowest BCUT2D eigenvalue weighted by atomic mass is 10.1. The van der Waals surface area contributed by atoms with E-state index in [0.29, 0.717) is 5.69 Å². The van der Waals surface area contributed by atoms with E-state index >= 15 is 0 Å². The molecule has 0 aliphatic heterocycles. The van der Waals surface area contributed by atoms with Gasteiger partial charge in [0.1, 0.15) is 0 Å². The SMILES string of the molecule is CN(Cc1ccccc1)S(=O)(=O)c1ccc(Cl)c(C(=O)Nc2ccc3c(c2)CCC3)c1. The Morgan fingerprint density at radius 2 is 1.74 bits per heavy atom. The number of carbonyl (C=O) groups is 1. The van der Waals surface area contributed by atoms with Crippen LogP contribution in [0.15, 0.2) is 71.6 Å². The van der Waals surface area contributed by atoms with Crippen LogP contribution in [0.1, 0.15) is 33.5 Å². The lowest BCUT2D eigenvalue weighted by Gasteiger charge is -2.18. The second-order valence-corrected chi connectivity index (χ2v) is 10.1. The van der Waals surface area contributed by atoms with Gasteiger partial charge in [-0.1, -0.05) is 48.0 Å². The molecule has 31 heavy (non-hydrogen) atoms. The van der Waals surface area contributed by atoms with E-state index in [1.54, 1.807) is 0 Å². The molecule has 0 heterocycles. The van der Waals surface area contributed by atoms with Gasteiger partial charge in [0, 0.05) is 19.3 Å². The van der Waals surface area contributed by atoms with Gasteiger partial charge >= 0.3 is 0 Å². The average Bonchev–Trinajstić information content (AvgIpc) is 3.22. The molecule has 1 aliphatic carbocycles. The van der Waals surface area contributed by atoms with Crippen LogP contribution in [-0.2, 0) is 29.4 Å². The summed E-state index contributed by atoms with van der Waals surface area (Å²) in [5, 5.41) is 3.04. The monoisotopic (exact) mass is 454 g/mol. The number of hydrogen-bond acceptors (Lipinski definition) is 3. The van der Waals surface area contributed by atoms with Gasteiger partial charge in [0.2, 0.25) is 10.0 Å². The fraction of sp³-hybridized carbons (Fsp3) is 0.208. The maximum atomic E-state index is 13.1. The van der Waals surface area contributed by atoms with Crippen LogP contribution >= 0.6 is 11.6 Å². The number of benzene rings is 3. The zero-order chi connectivity index (χ0) is 22.0. The number of nitrogens with one attached hydrogen (secondary N) is 1. The molecule has 0 saturated heterocycles. The number of amides is 1. The molecule has 0 aromatic heterocycles. The third kappa shape index (κ3) is 4.66. The molecule has 0 saturated carbocycles. The third-order valence-corrected chi connectivity index (χ3v) is 7.62. The Kier molecular flexibility index (Phi) is 6.14. The van der Waals surface area contributed by atoms with Crippen molar-refractivity contribution in [2.75, 3.05) is 12.4 Å². The highest BCUT2D eigenvalue weighted by atomic mass is 35.5. The quantitative estimate of drug-likeness (QED) is 0.576. The van der Waals surface area contributed by atoms with Crippen LogP contribution in [0.2, 0.25) is 5.02 Å². The Balaban J connectivity index is 1.56. The van der Waals surface area contributed by atoms with Crippen molar-refractivity contribution in [3.05, 3.63) is 94.0 Å². The average molecular weight is 455 g/mol. The molecule has 3 aromatic carbocycles. The fourth-order valence-corrected chi connectivity index (χ4v) is 5.18. The molecule has 0 fully saturated rings. The molecular weight excluding hydrogens is 432 g/mol. The summed E-state index contributed by atoms with van der Waals surface area (Å²) in [7, 11) is -2.28. The summed E-state index contributed by atoms with van der Waals surface area (Å²) in [6.45, 7) is 0.225. The number of fused-ring (bicyclic) bond motifs is 1. The van der Waals surface area contributed by atoms with Crippen LogP contribution in [-0.4, -0.2) is 25.7 Å². The topological polar surface area (TPSA) is 66.5 Å². The van der Waals surface area contributed by atoms with Crippen molar-refractivity contribution >= 4 is 33.2 Å². The minimum Gasteiger partial charge on any atom is -0.322 e. The van der Waals surface area contributed by atoms with E-state index in [-0.39, 0.29) is 22.0 Å². The molecule has 0 radical (unpaired) electrons. The van der Waals surface area contributed by atoms with Crippen LogP contribution in [0.25, 0.3) is 0 Å². The first-order chi connectivity index (χ1) is 14.8. The molecule has 1 aliphatic rings. The Morgan fingerprint density at radius 1 is 1.00 bits per heavy atom. The van der Waals surface area contributed by atoms with E-state index in [2.05, 4.69) is 5.32 Å². The summed E-state index contributed by atoms with van der Waals surface area (Å²) in [6, 6.07) is 19.4. The van der Waals surface area contributed by atoms with Crippen molar-refractivity contribution in [2.24, 2.45) is 0 Å². The number of nitrogens with zero attached hydrogens (tertiary/aromatic N) is 1. The number of rotatable bonds is 6. The van der Waals surface area contributed by atoms with Gasteiger partial charge in [-0.2, -0.15) is 4.31 Å². The molecule has 0 atom stereocenters. The predicted octanol–water partition coefficient (Wildman–Crippen LogP) is 4.90. The fourth-order valence-electron chi connectivity index (χ4n) is 3.79. The minimum atomic E-state index is -3.80. The highest BCUT2D eigenvalue weighted by Crippen LogP contribution is 2.27. The van der Waals surface area contributed by atoms with Gasteiger partial charge in [-0.15, -0.1) is 0 Å². The largest absolute Gasteiger partial charge is 0.322 e. The standard InChI is InChI=1S/C24H23ClN2O3S/c1-27(16-17-6-3-2-4-7-17)31(29,30)21-12-13-23(25)22(15-21)24(28)26-20-11-10-18-8-5-9-19(18)14-20/h2-4,6-7,10-15H,5,8-9,16H2,1H3,(H,26,28).